The minimum atomic E-state index is -0.188. The van der Waals surface area contributed by atoms with Gasteiger partial charge in [0.1, 0.15) is 6.61 Å². The highest BCUT2D eigenvalue weighted by molar-refractivity contribution is 5.92. The molecule has 3 heterocycles. The van der Waals surface area contributed by atoms with Crippen LogP contribution in [0.25, 0.3) is 0 Å². The van der Waals surface area contributed by atoms with Crippen molar-refractivity contribution < 1.29 is 19.1 Å². The summed E-state index contributed by atoms with van der Waals surface area (Å²) in [6.45, 7) is 2.41. The summed E-state index contributed by atoms with van der Waals surface area (Å²) in [7, 11) is 1.40. The third-order valence-corrected chi connectivity index (χ3v) is 3.83. The summed E-state index contributed by atoms with van der Waals surface area (Å²) in [5, 5.41) is 4.25. The van der Waals surface area contributed by atoms with Gasteiger partial charge < -0.3 is 14.4 Å². The summed E-state index contributed by atoms with van der Waals surface area (Å²) >= 11 is 0. The number of hydrogen-bond acceptors (Lipinski definition) is 5. The Balaban J connectivity index is 1.62. The number of amides is 1. The van der Waals surface area contributed by atoms with Crippen molar-refractivity contribution in [1.29, 1.82) is 0 Å². The Bertz CT molecular complexity index is 510. The normalized spacial score (nSPS) is 18.6. The van der Waals surface area contributed by atoms with E-state index in [1.165, 1.54) is 7.11 Å². The van der Waals surface area contributed by atoms with Crippen molar-refractivity contribution in [3.8, 4) is 5.88 Å². The van der Waals surface area contributed by atoms with Crippen LogP contribution in [0.4, 0.5) is 0 Å². The Morgan fingerprint density at radius 2 is 2.10 bits per heavy atom. The monoisotopic (exact) mass is 279 g/mol. The van der Waals surface area contributed by atoms with Gasteiger partial charge in [0.2, 0.25) is 5.88 Å². The fourth-order valence-electron chi connectivity index (χ4n) is 2.66. The van der Waals surface area contributed by atoms with Crippen LogP contribution < -0.4 is 4.74 Å². The largest absolute Gasteiger partial charge is 0.476 e. The van der Waals surface area contributed by atoms with Gasteiger partial charge in [0.25, 0.3) is 5.91 Å². The van der Waals surface area contributed by atoms with E-state index in [0.717, 1.165) is 0 Å². The second-order valence-corrected chi connectivity index (χ2v) is 5.03. The lowest BCUT2D eigenvalue weighted by Gasteiger charge is -2.30. The maximum absolute atomic E-state index is 12.3. The topological polar surface area (TPSA) is 73.7 Å². The highest BCUT2D eigenvalue weighted by atomic mass is 16.5. The lowest BCUT2D eigenvalue weighted by molar-refractivity contribution is -0.146. The SMILES string of the molecule is COC(=O)C1CCN(C(=O)c2cc3n(n2)CCO3)CC1. The third-order valence-electron chi connectivity index (χ3n) is 3.83. The van der Waals surface area contributed by atoms with E-state index in [-0.39, 0.29) is 17.8 Å². The summed E-state index contributed by atoms with van der Waals surface area (Å²) < 4.78 is 11.8. The summed E-state index contributed by atoms with van der Waals surface area (Å²) in [5.74, 6) is 0.266. The number of hydrogen-bond donors (Lipinski definition) is 0. The zero-order chi connectivity index (χ0) is 14.1. The van der Waals surface area contributed by atoms with Crippen LogP contribution in [0.2, 0.25) is 0 Å². The van der Waals surface area contributed by atoms with Crippen LogP contribution in [0.1, 0.15) is 23.3 Å². The van der Waals surface area contributed by atoms with Gasteiger partial charge in [-0.25, -0.2) is 4.68 Å². The molecule has 1 aromatic rings. The number of fused-ring (bicyclic) bond motifs is 1. The third kappa shape index (κ3) is 2.23. The zero-order valence-corrected chi connectivity index (χ0v) is 11.4. The Morgan fingerprint density at radius 3 is 2.75 bits per heavy atom. The molecule has 0 N–H and O–H groups in total. The van der Waals surface area contributed by atoms with Crippen LogP contribution in [0.15, 0.2) is 6.07 Å². The van der Waals surface area contributed by atoms with Crippen LogP contribution >= 0.6 is 0 Å². The van der Waals surface area contributed by atoms with Crippen molar-refractivity contribution >= 4 is 11.9 Å². The summed E-state index contributed by atoms with van der Waals surface area (Å²) in [4.78, 5) is 25.5. The number of ether oxygens (including phenoxy) is 2. The molecule has 1 amide bonds. The predicted octanol–water partition coefficient (Wildman–Crippen LogP) is 0.301. The van der Waals surface area contributed by atoms with Crippen molar-refractivity contribution in [2.45, 2.75) is 19.4 Å². The Morgan fingerprint density at radius 1 is 1.35 bits per heavy atom. The van der Waals surface area contributed by atoms with Crippen molar-refractivity contribution in [3.63, 3.8) is 0 Å². The van der Waals surface area contributed by atoms with Crippen molar-refractivity contribution in [3.05, 3.63) is 11.8 Å². The van der Waals surface area contributed by atoms with E-state index in [9.17, 15) is 9.59 Å². The molecule has 1 fully saturated rings. The molecule has 3 rings (SSSR count). The molecular weight excluding hydrogens is 262 g/mol. The van der Waals surface area contributed by atoms with Gasteiger partial charge in [-0.15, -0.1) is 0 Å². The quantitative estimate of drug-likeness (QED) is 0.728. The van der Waals surface area contributed by atoms with Crippen LogP contribution in [0.5, 0.6) is 5.88 Å². The van der Waals surface area contributed by atoms with Gasteiger partial charge in [-0.3, -0.25) is 9.59 Å². The molecule has 0 aliphatic carbocycles. The van der Waals surface area contributed by atoms with Crippen LogP contribution in [0.3, 0.4) is 0 Å². The number of nitrogens with zero attached hydrogens (tertiary/aromatic N) is 3. The fraction of sp³-hybridized carbons (Fsp3) is 0.615. The van der Waals surface area contributed by atoms with Gasteiger partial charge in [0.15, 0.2) is 5.69 Å². The van der Waals surface area contributed by atoms with Gasteiger partial charge >= 0.3 is 5.97 Å². The molecule has 1 saturated heterocycles. The fourth-order valence-corrected chi connectivity index (χ4v) is 2.66. The predicted molar refractivity (Wildman–Crippen MR) is 68.4 cm³/mol. The number of aromatic nitrogens is 2. The van der Waals surface area contributed by atoms with E-state index in [1.807, 2.05) is 0 Å². The number of esters is 1. The Labute approximate surface area is 116 Å². The standard InChI is InChI=1S/C13H17N3O4/c1-19-13(18)9-2-4-15(5-3-9)12(17)10-8-11-16(14-10)6-7-20-11/h8-9H,2-7H2,1H3. The molecule has 2 aliphatic heterocycles. The maximum atomic E-state index is 12.3. The van der Waals surface area contributed by atoms with E-state index in [4.69, 9.17) is 9.47 Å². The molecule has 2 aliphatic rings. The second kappa shape index (κ2) is 5.15. The first kappa shape index (κ1) is 13.0. The number of carbonyl (C=O) groups is 2. The molecule has 0 aromatic carbocycles. The Kier molecular flexibility index (Phi) is 3.33. The summed E-state index contributed by atoms with van der Waals surface area (Å²) in [6.07, 6.45) is 1.28. The number of rotatable bonds is 2. The molecular formula is C13H17N3O4. The molecule has 7 nitrogen and oxygen atoms in total. The Hall–Kier alpha value is -2.05. The average molecular weight is 279 g/mol. The van der Waals surface area contributed by atoms with E-state index < -0.39 is 0 Å². The number of likely N-dealkylation sites (tertiary alicyclic amines) is 1. The molecule has 0 atom stereocenters. The molecule has 20 heavy (non-hydrogen) atoms. The van der Waals surface area contributed by atoms with Crippen LogP contribution in [0, 0.1) is 5.92 Å². The van der Waals surface area contributed by atoms with E-state index in [2.05, 4.69) is 5.10 Å². The maximum Gasteiger partial charge on any atom is 0.308 e. The van der Waals surface area contributed by atoms with E-state index in [1.54, 1.807) is 15.6 Å². The molecule has 108 valence electrons. The molecule has 0 spiro atoms. The van der Waals surface area contributed by atoms with Crippen LogP contribution in [-0.2, 0) is 16.1 Å². The number of carbonyl (C=O) groups excluding carboxylic acids is 2. The van der Waals surface area contributed by atoms with Crippen molar-refractivity contribution in [2.24, 2.45) is 5.92 Å². The minimum absolute atomic E-state index is 0.0978. The minimum Gasteiger partial charge on any atom is -0.476 e. The van der Waals surface area contributed by atoms with E-state index >= 15 is 0 Å². The van der Waals surface area contributed by atoms with E-state index in [0.29, 0.717) is 50.7 Å². The molecule has 0 radical (unpaired) electrons. The first-order valence-corrected chi connectivity index (χ1v) is 6.77. The number of piperidine rings is 1. The van der Waals surface area contributed by atoms with Gasteiger partial charge in [-0.2, -0.15) is 5.10 Å². The number of methoxy groups -OCH3 is 1. The first-order chi connectivity index (χ1) is 9.69. The molecule has 7 heteroatoms. The first-order valence-electron chi connectivity index (χ1n) is 6.77. The molecule has 0 saturated carbocycles. The highest BCUT2D eigenvalue weighted by Gasteiger charge is 2.30. The molecule has 0 bridgehead atoms. The van der Waals surface area contributed by atoms with Gasteiger partial charge in [0, 0.05) is 19.2 Å². The van der Waals surface area contributed by atoms with Crippen LogP contribution in [-0.4, -0.2) is 53.4 Å². The van der Waals surface area contributed by atoms with Gasteiger partial charge in [-0.05, 0) is 12.8 Å². The van der Waals surface area contributed by atoms with Crippen molar-refractivity contribution in [2.75, 3.05) is 26.8 Å². The smallest absolute Gasteiger partial charge is 0.308 e. The molecule has 1 aromatic heterocycles. The van der Waals surface area contributed by atoms with Gasteiger partial charge in [-0.1, -0.05) is 0 Å². The second-order valence-electron chi connectivity index (χ2n) is 5.03. The lowest BCUT2D eigenvalue weighted by Crippen LogP contribution is -2.40. The summed E-state index contributed by atoms with van der Waals surface area (Å²) in [6, 6.07) is 1.68. The highest BCUT2D eigenvalue weighted by Crippen LogP contribution is 2.23. The van der Waals surface area contributed by atoms with Gasteiger partial charge in [0.05, 0.1) is 19.6 Å². The zero-order valence-electron chi connectivity index (χ0n) is 11.4. The lowest BCUT2D eigenvalue weighted by atomic mass is 9.97. The molecule has 0 unspecified atom stereocenters. The average Bonchev–Trinajstić information content (AvgIpc) is 3.07. The van der Waals surface area contributed by atoms with Crippen molar-refractivity contribution in [1.82, 2.24) is 14.7 Å². The summed E-state index contributed by atoms with van der Waals surface area (Å²) in [5.41, 5.74) is 0.413.